The van der Waals surface area contributed by atoms with E-state index < -0.39 is 6.10 Å². The van der Waals surface area contributed by atoms with Crippen LogP contribution in [0, 0.1) is 0 Å². The molecule has 1 aromatic carbocycles. The molecule has 1 atom stereocenters. The second-order valence-electron chi connectivity index (χ2n) is 5.67. The lowest BCUT2D eigenvalue weighted by atomic mass is 9.87. The minimum absolute atomic E-state index is 0.0770. The van der Waals surface area contributed by atoms with E-state index in [0.29, 0.717) is 0 Å². The molecular formula is C15H20N2O. The summed E-state index contributed by atoms with van der Waals surface area (Å²) in [4.78, 5) is 0. The van der Waals surface area contributed by atoms with E-state index in [2.05, 4.69) is 25.9 Å². The summed E-state index contributed by atoms with van der Waals surface area (Å²) in [5.41, 5.74) is 2.65. The number of aliphatic hydroxyl groups excluding tert-OH is 1. The molecule has 2 aromatic rings. The molecule has 96 valence electrons. The molecule has 18 heavy (non-hydrogen) atoms. The first-order valence-electron chi connectivity index (χ1n) is 6.16. The summed E-state index contributed by atoms with van der Waals surface area (Å²) in [6, 6.07) is 9.69. The quantitative estimate of drug-likeness (QED) is 0.882. The Balaban J connectivity index is 2.46. The van der Waals surface area contributed by atoms with E-state index in [0.717, 1.165) is 16.8 Å². The molecular weight excluding hydrogens is 224 g/mol. The van der Waals surface area contributed by atoms with E-state index in [1.54, 1.807) is 4.68 Å². The fourth-order valence-electron chi connectivity index (χ4n) is 2.10. The van der Waals surface area contributed by atoms with Gasteiger partial charge in [-0.1, -0.05) is 51.1 Å². The molecule has 0 spiro atoms. The summed E-state index contributed by atoms with van der Waals surface area (Å²) >= 11 is 0. The lowest BCUT2D eigenvalue weighted by Gasteiger charge is -2.20. The maximum Gasteiger partial charge on any atom is 0.107 e. The van der Waals surface area contributed by atoms with Crippen molar-refractivity contribution in [1.82, 2.24) is 9.78 Å². The number of aliphatic hydroxyl groups is 1. The van der Waals surface area contributed by atoms with Crippen molar-refractivity contribution < 1.29 is 5.11 Å². The summed E-state index contributed by atoms with van der Waals surface area (Å²) < 4.78 is 1.77. The Labute approximate surface area is 108 Å². The zero-order valence-electron chi connectivity index (χ0n) is 11.4. The fourth-order valence-corrected chi connectivity index (χ4v) is 2.10. The molecule has 3 heteroatoms. The third-order valence-corrected chi connectivity index (χ3v) is 2.98. The van der Waals surface area contributed by atoms with Crippen LogP contribution in [0.3, 0.4) is 0 Å². The predicted octanol–water partition coefficient (Wildman–Crippen LogP) is 2.80. The number of aromatic nitrogens is 2. The number of rotatable bonds is 2. The van der Waals surface area contributed by atoms with Crippen LogP contribution in [0.15, 0.2) is 36.5 Å². The monoisotopic (exact) mass is 244 g/mol. The van der Waals surface area contributed by atoms with E-state index >= 15 is 0 Å². The van der Waals surface area contributed by atoms with Gasteiger partial charge >= 0.3 is 0 Å². The highest BCUT2D eigenvalue weighted by atomic mass is 16.3. The summed E-state index contributed by atoms with van der Waals surface area (Å²) in [7, 11) is 1.89. The zero-order valence-corrected chi connectivity index (χ0v) is 11.4. The van der Waals surface area contributed by atoms with Crippen molar-refractivity contribution in [2.75, 3.05) is 0 Å². The molecule has 2 rings (SSSR count). The molecule has 0 amide bonds. The fraction of sp³-hybridized carbons (Fsp3) is 0.400. The van der Waals surface area contributed by atoms with Gasteiger partial charge < -0.3 is 5.11 Å². The molecule has 1 unspecified atom stereocenters. The smallest absolute Gasteiger partial charge is 0.107 e. The molecule has 0 fully saturated rings. The van der Waals surface area contributed by atoms with Crippen LogP contribution >= 0.6 is 0 Å². The molecule has 1 aromatic heterocycles. The van der Waals surface area contributed by atoms with Crippen LogP contribution in [0.1, 0.15) is 43.7 Å². The Morgan fingerprint density at radius 3 is 2.33 bits per heavy atom. The van der Waals surface area contributed by atoms with Gasteiger partial charge in [-0.05, 0) is 5.56 Å². The highest BCUT2D eigenvalue weighted by molar-refractivity contribution is 5.34. The maximum atomic E-state index is 10.5. The van der Waals surface area contributed by atoms with Crippen LogP contribution in [-0.2, 0) is 12.5 Å². The van der Waals surface area contributed by atoms with Crippen molar-refractivity contribution in [3.63, 3.8) is 0 Å². The molecule has 0 aliphatic heterocycles. The first kappa shape index (κ1) is 12.8. The van der Waals surface area contributed by atoms with Crippen molar-refractivity contribution in [2.24, 2.45) is 7.05 Å². The van der Waals surface area contributed by atoms with Crippen molar-refractivity contribution >= 4 is 0 Å². The Bertz CT molecular complexity index is 523. The van der Waals surface area contributed by atoms with Crippen molar-refractivity contribution in [2.45, 2.75) is 32.3 Å². The standard InChI is InChI=1S/C15H20N2O/c1-15(2,3)14-12(10-17(4)16-14)13(18)11-8-6-5-7-9-11/h5-10,13,18H,1-4H3. The Morgan fingerprint density at radius 2 is 1.78 bits per heavy atom. The van der Waals surface area contributed by atoms with Crippen molar-refractivity contribution in [3.05, 3.63) is 53.3 Å². The van der Waals surface area contributed by atoms with E-state index in [-0.39, 0.29) is 5.41 Å². The molecule has 3 nitrogen and oxygen atoms in total. The van der Waals surface area contributed by atoms with Crippen LogP contribution in [-0.4, -0.2) is 14.9 Å². The van der Waals surface area contributed by atoms with Gasteiger partial charge in [0, 0.05) is 24.2 Å². The second kappa shape index (κ2) is 4.58. The van der Waals surface area contributed by atoms with Gasteiger partial charge in [0.2, 0.25) is 0 Å². The lowest BCUT2D eigenvalue weighted by molar-refractivity contribution is 0.217. The van der Waals surface area contributed by atoms with E-state index in [1.165, 1.54) is 0 Å². The minimum Gasteiger partial charge on any atom is -0.384 e. The third kappa shape index (κ3) is 2.46. The minimum atomic E-state index is -0.617. The van der Waals surface area contributed by atoms with Gasteiger partial charge in [0.1, 0.15) is 6.10 Å². The normalized spacial score (nSPS) is 13.6. The number of hydrogen-bond donors (Lipinski definition) is 1. The molecule has 1 heterocycles. The number of hydrogen-bond acceptors (Lipinski definition) is 2. The van der Waals surface area contributed by atoms with E-state index in [4.69, 9.17) is 0 Å². The summed E-state index contributed by atoms with van der Waals surface area (Å²) in [5.74, 6) is 0. The average Bonchev–Trinajstić information content (AvgIpc) is 2.71. The Hall–Kier alpha value is -1.61. The predicted molar refractivity (Wildman–Crippen MR) is 72.4 cm³/mol. The zero-order chi connectivity index (χ0) is 13.3. The SMILES string of the molecule is Cn1cc(C(O)c2ccccc2)c(C(C)(C)C)n1. The number of aryl methyl sites for hydroxylation is 1. The average molecular weight is 244 g/mol. The molecule has 0 radical (unpaired) electrons. The van der Waals surface area contributed by atoms with Crippen molar-refractivity contribution in [3.8, 4) is 0 Å². The van der Waals surface area contributed by atoms with Crippen LogP contribution in [0.5, 0.6) is 0 Å². The number of benzene rings is 1. The van der Waals surface area contributed by atoms with Crippen LogP contribution in [0.2, 0.25) is 0 Å². The van der Waals surface area contributed by atoms with Crippen molar-refractivity contribution in [1.29, 1.82) is 0 Å². The third-order valence-electron chi connectivity index (χ3n) is 2.98. The molecule has 0 aliphatic carbocycles. The van der Waals surface area contributed by atoms with Gasteiger partial charge in [0.25, 0.3) is 0 Å². The second-order valence-corrected chi connectivity index (χ2v) is 5.67. The molecule has 0 aliphatic rings. The largest absolute Gasteiger partial charge is 0.384 e. The number of nitrogens with zero attached hydrogens (tertiary/aromatic N) is 2. The van der Waals surface area contributed by atoms with Gasteiger partial charge in [0.15, 0.2) is 0 Å². The first-order chi connectivity index (χ1) is 8.39. The van der Waals surface area contributed by atoms with Gasteiger partial charge in [-0.3, -0.25) is 4.68 Å². The van der Waals surface area contributed by atoms with E-state index in [1.807, 2.05) is 43.6 Å². The lowest BCUT2D eigenvalue weighted by Crippen LogP contribution is -2.16. The molecule has 1 N–H and O–H groups in total. The van der Waals surface area contributed by atoms with Crippen LogP contribution in [0.4, 0.5) is 0 Å². The van der Waals surface area contributed by atoms with Gasteiger partial charge in [-0.2, -0.15) is 5.10 Å². The highest BCUT2D eigenvalue weighted by Crippen LogP contribution is 2.31. The van der Waals surface area contributed by atoms with Crippen LogP contribution in [0.25, 0.3) is 0 Å². The van der Waals surface area contributed by atoms with Crippen LogP contribution < -0.4 is 0 Å². The molecule has 0 saturated carbocycles. The first-order valence-corrected chi connectivity index (χ1v) is 6.16. The highest BCUT2D eigenvalue weighted by Gasteiger charge is 2.26. The summed E-state index contributed by atoms with van der Waals surface area (Å²) in [6.45, 7) is 6.32. The van der Waals surface area contributed by atoms with E-state index in [9.17, 15) is 5.11 Å². The summed E-state index contributed by atoms with van der Waals surface area (Å²) in [5, 5.41) is 15.0. The van der Waals surface area contributed by atoms with Gasteiger partial charge in [-0.15, -0.1) is 0 Å². The molecule has 0 bridgehead atoms. The van der Waals surface area contributed by atoms with Gasteiger partial charge in [-0.25, -0.2) is 0 Å². The summed E-state index contributed by atoms with van der Waals surface area (Å²) in [6.07, 6.45) is 1.28. The Kier molecular flexibility index (Phi) is 3.26. The molecule has 0 saturated heterocycles. The maximum absolute atomic E-state index is 10.5. The van der Waals surface area contributed by atoms with Gasteiger partial charge in [0.05, 0.1) is 5.69 Å². The Morgan fingerprint density at radius 1 is 1.17 bits per heavy atom. The topological polar surface area (TPSA) is 38.0 Å².